The largest absolute Gasteiger partial charge is 0.446 e. The fraction of sp³-hybridized carbons (Fsp3) is 0.417. The topological polar surface area (TPSA) is 17.1 Å². The van der Waals surface area contributed by atoms with Gasteiger partial charge in [0, 0.05) is 4.90 Å². The summed E-state index contributed by atoms with van der Waals surface area (Å²) in [4.78, 5) is 11.3. The maximum Gasteiger partial charge on any atom is 0.446 e. The zero-order chi connectivity index (χ0) is 13.9. The molecule has 1 unspecified atom stereocenters. The first kappa shape index (κ1) is 15.4. The van der Waals surface area contributed by atoms with Crippen molar-refractivity contribution in [3.8, 4) is 0 Å². The Labute approximate surface area is 113 Å². The predicted octanol–water partition coefficient (Wildman–Crippen LogP) is 4.73. The molecule has 0 spiro atoms. The van der Waals surface area contributed by atoms with Gasteiger partial charge in [-0.3, -0.25) is 4.79 Å². The van der Waals surface area contributed by atoms with Gasteiger partial charge in [0.15, 0.2) is 5.78 Å². The molecule has 0 aliphatic heterocycles. The zero-order valence-electron chi connectivity index (χ0n) is 9.84. The van der Waals surface area contributed by atoms with Crippen LogP contribution in [0.4, 0.5) is 13.2 Å². The number of thioether (sulfide) groups is 1. The molecule has 0 aromatic heterocycles. The third kappa shape index (κ3) is 3.92. The molecule has 0 radical (unpaired) electrons. The molecule has 1 nitrogen and oxygen atoms in total. The highest BCUT2D eigenvalue weighted by Gasteiger charge is 2.32. The summed E-state index contributed by atoms with van der Waals surface area (Å²) < 4.78 is 37.4. The predicted molar refractivity (Wildman–Crippen MR) is 67.0 cm³/mol. The van der Waals surface area contributed by atoms with Crippen LogP contribution in [0, 0.1) is 0 Å². The van der Waals surface area contributed by atoms with Crippen molar-refractivity contribution in [1.82, 2.24) is 0 Å². The first-order chi connectivity index (χ1) is 8.26. The van der Waals surface area contributed by atoms with Gasteiger partial charge in [-0.2, -0.15) is 13.2 Å². The summed E-state index contributed by atoms with van der Waals surface area (Å²) in [5.74, 6) is -0.360. The van der Waals surface area contributed by atoms with Crippen LogP contribution in [-0.2, 0) is 11.2 Å². The molecule has 0 saturated heterocycles. The number of hydrogen-bond donors (Lipinski definition) is 0. The molecular formula is C12H12ClF3OS. The van der Waals surface area contributed by atoms with Crippen LogP contribution >= 0.6 is 23.4 Å². The average molecular weight is 297 g/mol. The molecule has 0 amide bonds. The van der Waals surface area contributed by atoms with Crippen LogP contribution in [0.2, 0.25) is 0 Å². The van der Waals surface area contributed by atoms with Crippen molar-refractivity contribution < 1.29 is 18.0 Å². The van der Waals surface area contributed by atoms with Gasteiger partial charge in [-0.25, -0.2) is 0 Å². The summed E-state index contributed by atoms with van der Waals surface area (Å²) >= 11 is 5.69. The number of halogens is 4. The summed E-state index contributed by atoms with van der Waals surface area (Å²) in [5.41, 5.74) is -3.45. The Hall–Kier alpha value is -0.680. The lowest BCUT2D eigenvalue weighted by Gasteiger charge is -2.17. The lowest BCUT2D eigenvalue weighted by atomic mass is 10.0. The summed E-state index contributed by atoms with van der Waals surface area (Å²) in [6.07, 6.45) is 0.526. The Morgan fingerprint density at radius 3 is 2.50 bits per heavy atom. The SMILES string of the molecule is CCc1cccc(SC(F)(F)F)c1C(Cl)C(C)=O. The monoisotopic (exact) mass is 296 g/mol. The normalized spacial score (nSPS) is 13.4. The highest BCUT2D eigenvalue weighted by atomic mass is 35.5. The third-order valence-corrected chi connectivity index (χ3v) is 3.71. The lowest BCUT2D eigenvalue weighted by Crippen LogP contribution is -2.09. The Kier molecular flexibility index (Phi) is 5.10. The van der Waals surface area contributed by atoms with Crippen molar-refractivity contribution in [2.24, 2.45) is 0 Å². The van der Waals surface area contributed by atoms with E-state index in [0.717, 1.165) is 0 Å². The summed E-state index contributed by atoms with van der Waals surface area (Å²) in [6.45, 7) is 3.08. The maximum absolute atomic E-state index is 12.5. The average Bonchev–Trinajstić information content (AvgIpc) is 2.25. The minimum Gasteiger partial charge on any atom is -0.298 e. The minimum atomic E-state index is -4.39. The van der Waals surface area contributed by atoms with E-state index < -0.39 is 10.9 Å². The summed E-state index contributed by atoms with van der Waals surface area (Å²) in [6, 6.07) is 4.57. The van der Waals surface area contributed by atoms with E-state index in [2.05, 4.69) is 0 Å². The molecule has 100 valence electrons. The summed E-state index contributed by atoms with van der Waals surface area (Å²) in [7, 11) is 0. The third-order valence-electron chi connectivity index (χ3n) is 2.37. The second-order valence-corrected chi connectivity index (χ2v) is 5.25. The smallest absolute Gasteiger partial charge is 0.298 e. The second kappa shape index (κ2) is 5.97. The second-order valence-electron chi connectivity index (χ2n) is 3.70. The number of Topliss-reactive ketones (excluding diaryl/α,β-unsaturated/α-hetero) is 1. The van der Waals surface area contributed by atoms with E-state index in [1.807, 2.05) is 6.92 Å². The van der Waals surface area contributed by atoms with Crippen LogP contribution in [0.3, 0.4) is 0 Å². The van der Waals surface area contributed by atoms with Crippen LogP contribution in [-0.4, -0.2) is 11.3 Å². The van der Waals surface area contributed by atoms with Gasteiger partial charge in [0.1, 0.15) is 5.38 Å². The molecule has 18 heavy (non-hydrogen) atoms. The van der Waals surface area contributed by atoms with E-state index in [1.165, 1.54) is 13.0 Å². The number of carbonyl (C=O) groups excluding carboxylic acids is 1. The molecule has 6 heteroatoms. The molecule has 0 saturated carbocycles. The number of alkyl halides is 4. The first-order valence-electron chi connectivity index (χ1n) is 5.28. The summed E-state index contributed by atoms with van der Waals surface area (Å²) in [5, 5.41) is -1.04. The van der Waals surface area contributed by atoms with Crippen LogP contribution < -0.4 is 0 Å². The van der Waals surface area contributed by atoms with Gasteiger partial charge in [0.25, 0.3) is 0 Å². The Balaban J connectivity index is 3.29. The molecule has 1 atom stereocenters. The van der Waals surface area contributed by atoms with E-state index in [-0.39, 0.29) is 28.0 Å². The van der Waals surface area contributed by atoms with Gasteiger partial charge in [0.05, 0.1) is 0 Å². The number of carbonyl (C=O) groups is 1. The quantitative estimate of drug-likeness (QED) is 0.590. The maximum atomic E-state index is 12.5. The van der Waals surface area contributed by atoms with Gasteiger partial charge in [0.2, 0.25) is 0 Å². The molecular weight excluding hydrogens is 285 g/mol. The van der Waals surface area contributed by atoms with E-state index in [4.69, 9.17) is 11.6 Å². The number of aryl methyl sites for hydroxylation is 1. The standard InChI is InChI=1S/C12H12ClF3OS/c1-3-8-5-4-6-9(18-12(14,15)16)10(8)11(13)7(2)17/h4-6,11H,3H2,1-2H3. The molecule has 0 N–H and O–H groups in total. The van der Waals surface area contributed by atoms with Crippen molar-refractivity contribution in [2.45, 2.75) is 36.0 Å². The van der Waals surface area contributed by atoms with Crippen molar-refractivity contribution in [1.29, 1.82) is 0 Å². The fourth-order valence-corrected chi connectivity index (χ4v) is 2.68. The van der Waals surface area contributed by atoms with Crippen LogP contribution in [0.15, 0.2) is 23.1 Å². The fourth-order valence-electron chi connectivity index (χ4n) is 1.60. The van der Waals surface area contributed by atoms with E-state index in [1.54, 1.807) is 12.1 Å². The van der Waals surface area contributed by atoms with E-state index in [0.29, 0.717) is 12.0 Å². The molecule has 0 aliphatic rings. The van der Waals surface area contributed by atoms with E-state index >= 15 is 0 Å². The van der Waals surface area contributed by atoms with Gasteiger partial charge in [-0.1, -0.05) is 19.1 Å². The van der Waals surface area contributed by atoms with Crippen LogP contribution in [0.1, 0.15) is 30.4 Å². The highest BCUT2D eigenvalue weighted by molar-refractivity contribution is 8.00. The molecule has 1 aromatic carbocycles. The number of rotatable bonds is 4. The molecule has 0 fully saturated rings. The minimum absolute atomic E-state index is 0.00273. The van der Waals surface area contributed by atoms with Crippen LogP contribution in [0.25, 0.3) is 0 Å². The molecule has 0 aliphatic carbocycles. The zero-order valence-corrected chi connectivity index (χ0v) is 11.4. The van der Waals surface area contributed by atoms with Crippen molar-refractivity contribution in [2.75, 3.05) is 0 Å². The first-order valence-corrected chi connectivity index (χ1v) is 6.53. The lowest BCUT2D eigenvalue weighted by molar-refractivity contribution is -0.116. The number of hydrogen-bond acceptors (Lipinski definition) is 2. The van der Waals surface area contributed by atoms with Crippen LogP contribution in [0.5, 0.6) is 0 Å². The molecule has 1 aromatic rings. The van der Waals surface area contributed by atoms with E-state index in [9.17, 15) is 18.0 Å². The molecule has 0 bridgehead atoms. The van der Waals surface area contributed by atoms with Crippen molar-refractivity contribution in [3.05, 3.63) is 29.3 Å². The molecule has 0 heterocycles. The van der Waals surface area contributed by atoms with Gasteiger partial charge < -0.3 is 0 Å². The molecule has 1 rings (SSSR count). The Morgan fingerprint density at radius 2 is 2.06 bits per heavy atom. The van der Waals surface area contributed by atoms with Crippen molar-refractivity contribution in [3.63, 3.8) is 0 Å². The number of benzene rings is 1. The van der Waals surface area contributed by atoms with Gasteiger partial charge in [-0.15, -0.1) is 11.6 Å². The number of ketones is 1. The van der Waals surface area contributed by atoms with Gasteiger partial charge in [-0.05, 0) is 42.3 Å². The Bertz CT molecular complexity index is 445. The Morgan fingerprint density at radius 1 is 1.44 bits per heavy atom. The van der Waals surface area contributed by atoms with Gasteiger partial charge >= 0.3 is 5.51 Å². The highest BCUT2D eigenvalue weighted by Crippen LogP contribution is 2.42. The van der Waals surface area contributed by atoms with Crippen molar-refractivity contribution >= 4 is 29.1 Å².